The van der Waals surface area contributed by atoms with Crippen LogP contribution in [0.25, 0.3) is 0 Å². The highest BCUT2D eigenvalue weighted by molar-refractivity contribution is 7.14. The Labute approximate surface area is 201 Å². The Morgan fingerprint density at radius 1 is 1.24 bits per heavy atom. The zero-order valence-corrected chi connectivity index (χ0v) is 20.2. The van der Waals surface area contributed by atoms with Crippen LogP contribution in [0.2, 0.25) is 5.02 Å². The fourth-order valence-corrected chi connectivity index (χ4v) is 3.94. The molecule has 3 aromatic rings. The molecule has 1 fully saturated rings. The lowest BCUT2D eigenvalue weighted by atomic mass is 9.92. The van der Waals surface area contributed by atoms with Crippen LogP contribution in [0.1, 0.15) is 36.4 Å². The van der Waals surface area contributed by atoms with Crippen molar-refractivity contribution in [2.24, 2.45) is 5.92 Å². The third-order valence-corrected chi connectivity index (χ3v) is 5.92. The third-order valence-electron chi connectivity index (χ3n) is 4.97. The fraction of sp³-hybridized carbons (Fsp3) is 0.391. The Hall–Kier alpha value is -2.62. The molecule has 1 saturated heterocycles. The van der Waals surface area contributed by atoms with Gasteiger partial charge in [0.1, 0.15) is 12.8 Å². The van der Waals surface area contributed by atoms with Gasteiger partial charge < -0.3 is 14.8 Å². The van der Waals surface area contributed by atoms with Gasteiger partial charge >= 0.3 is 0 Å². The Balaban J connectivity index is 0.000000323. The number of hydrogen-bond acceptors (Lipinski definition) is 6. The normalized spacial score (nSPS) is 14.3. The number of ether oxygens (including phenoxy) is 1. The van der Waals surface area contributed by atoms with E-state index in [4.69, 9.17) is 21.1 Å². The number of nitrogens with zero attached hydrogens (tertiary/aromatic N) is 3. The molecule has 10 heteroatoms. The van der Waals surface area contributed by atoms with Gasteiger partial charge in [0, 0.05) is 24.4 Å². The monoisotopic (exact) mass is 494 g/mol. The Morgan fingerprint density at radius 3 is 2.42 bits per heavy atom. The maximum Gasteiger partial charge on any atom is 0.251 e. The molecule has 4 rings (SSSR count). The minimum atomic E-state index is -0.432. The molecule has 0 saturated carbocycles. The maximum absolute atomic E-state index is 13.1. The molecule has 33 heavy (non-hydrogen) atoms. The van der Waals surface area contributed by atoms with Crippen LogP contribution in [0.5, 0.6) is 0 Å². The van der Waals surface area contributed by atoms with Gasteiger partial charge in [-0.2, -0.15) is 9.49 Å². The van der Waals surface area contributed by atoms with E-state index in [0.717, 1.165) is 54.2 Å². The van der Waals surface area contributed by atoms with Crippen molar-refractivity contribution >= 4 is 40.8 Å². The lowest BCUT2D eigenvalue weighted by molar-refractivity contribution is -0.120. The van der Waals surface area contributed by atoms with E-state index in [2.05, 4.69) is 15.4 Å². The minimum absolute atomic E-state index is 0.214. The topological polar surface area (TPSA) is 86.1 Å². The van der Waals surface area contributed by atoms with Gasteiger partial charge in [-0.3, -0.25) is 9.48 Å². The number of aromatic nitrogens is 3. The average Bonchev–Trinajstić information content (AvgIpc) is 3.44. The van der Waals surface area contributed by atoms with Crippen LogP contribution in [0.4, 0.5) is 9.52 Å². The summed E-state index contributed by atoms with van der Waals surface area (Å²) in [5.41, 5.74) is 2.24. The zero-order chi connectivity index (χ0) is 24.2. The summed E-state index contributed by atoms with van der Waals surface area (Å²) in [7, 11) is 0. The van der Waals surface area contributed by atoms with Crippen molar-refractivity contribution in [1.29, 1.82) is 0 Å². The second-order valence-electron chi connectivity index (χ2n) is 7.56. The molecule has 178 valence electrons. The number of hydrogen-bond donors (Lipinski definition) is 1. The number of amides is 1. The third kappa shape index (κ3) is 9.03. The summed E-state index contributed by atoms with van der Waals surface area (Å²) >= 11 is 6.43. The number of halogens is 2. The van der Waals surface area contributed by atoms with Crippen molar-refractivity contribution in [3.63, 3.8) is 0 Å². The van der Waals surface area contributed by atoms with Gasteiger partial charge in [-0.1, -0.05) is 40.6 Å². The molecule has 1 atom stereocenters. The summed E-state index contributed by atoms with van der Waals surface area (Å²) in [6, 6.07) is 7.32. The van der Waals surface area contributed by atoms with Crippen molar-refractivity contribution in [2.45, 2.75) is 39.2 Å². The van der Waals surface area contributed by atoms with Crippen LogP contribution in [-0.2, 0) is 14.3 Å². The lowest BCUT2D eigenvalue weighted by Gasteiger charge is -2.26. The molecule has 1 aliphatic heterocycles. The van der Waals surface area contributed by atoms with Gasteiger partial charge in [0.15, 0.2) is 10.3 Å². The molecule has 1 aromatic carbocycles. The van der Waals surface area contributed by atoms with Crippen molar-refractivity contribution in [2.75, 3.05) is 18.5 Å². The molecule has 0 spiro atoms. The Kier molecular flexibility index (Phi) is 11.2. The van der Waals surface area contributed by atoms with Gasteiger partial charge in [-0.05, 0) is 56.7 Å². The van der Waals surface area contributed by atoms with Gasteiger partial charge in [0.2, 0.25) is 0 Å². The quantitative estimate of drug-likeness (QED) is 0.523. The van der Waals surface area contributed by atoms with E-state index in [0.29, 0.717) is 12.3 Å². The highest BCUT2D eigenvalue weighted by Gasteiger charge is 2.27. The van der Waals surface area contributed by atoms with E-state index >= 15 is 0 Å². The molecule has 2 aromatic heterocycles. The molecule has 1 amide bonds. The minimum Gasteiger partial charge on any atom is -0.381 e. The number of carbonyl (C=O) groups is 2. The summed E-state index contributed by atoms with van der Waals surface area (Å²) in [5, 5.41) is 7.63. The average molecular weight is 495 g/mol. The molecule has 7 nitrogen and oxygen atoms in total. The summed E-state index contributed by atoms with van der Waals surface area (Å²) < 4.78 is 20.1. The van der Waals surface area contributed by atoms with Crippen LogP contribution >= 0.6 is 22.9 Å². The highest BCUT2D eigenvalue weighted by atomic mass is 35.5. The highest BCUT2D eigenvalue weighted by Crippen LogP contribution is 2.27. The summed E-state index contributed by atoms with van der Waals surface area (Å²) in [5.74, 6) is 0.200. The predicted molar refractivity (Wildman–Crippen MR) is 128 cm³/mol. The fourth-order valence-electron chi connectivity index (χ4n) is 3.27. The SMILES string of the molecule is C=O.Cc1ccc(Cl)cc1.Cc1cnn(C(CC2CCOCC2)C(=O)Nc2ncc(F)s2)c1. The van der Waals surface area contributed by atoms with E-state index in [-0.39, 0.29) is 11.0 Å². The van der Waals surface area contributed by atoms with E-state index in [9.17, 15) is 9.18 Å². The van der Waals surface area contributed by atoms with E-state index < -0.39 is 11.2 Å². The number of thiazole rings is 1. The maximum atomic E-state index is 13.1. The van der Waals surface area contributed by atoms with E-state index in [1.54, 1.807) is 10.9 Å². The Morgan fingerprint density at radius 2 is 1.91 bits per heavy atom. The molecule has 1 unspecified atom stereocenters. The first-order valence-corrected chi connectivity index (χ1v) is 11.6. The number of benzene rings is 1. The second kappa shape index (κ2) is 13.8. The van der Waals surface area contributed by atoms with Gasteiger partial charge in [0.05, 0.1) is 12.4 Å². The van der Waals surface area contributed by atoms with Gasteiger partial charge in [-0.15, -0.1) is 0 Å². The van der Waals surface area contributed by atoms with Gasteiger partial charge in [-0.25, -0.2) is 4.98 Å². The van der Waals surface area contributed by atoms with Crippen LogP contribution in [0.3, 0.4) is 0 Å². The smallest absolute Gasteiger partial charge is 0.251 e. The van der Waals surface area contributed by atoms with Crippen LogP contribution in [-0.4, -0.2) is 40.7 Å². The number of aryl methyl sites for hydroxylation is 2. The summed E-state index contributed by atoms with van der Waals surface area (Å²) in [6.07, 6.45) is 7.25. The molecule has 0 bridgehead atoms. The molecule has 0 radical (unpaired) electrons. The molecule has 3 heterocycles. The second-order valence-corrected chi connectivity index (χ2v) is 8.98. The zero-order valence-electron chi connectivity index (χ0n) is 18.7. The van der Waals surface area contributed by atoms with Crippen molar-refractivity contribution in [1.82, 2.24) is 14.8 Å². The lowest BCUT2D eigenvalue weighted by Crippen LogP contribution is -2.30. The van der Waals surface area contributed by atoms with E-state index in [1.165, 1.54) is 5.56 Å². The molecular weight excluding hydrogens is 467 g/mol. The number of anilines is 1. The first-order valence-electron chi connectivity index (χ1n) is 10.4. The van der Waals surface area contributed by atoms with Crippen molar-refractivity contribution in [3.05, 3.63) is 64.1 Å². The molecule has 1 aliphatic rings. The van der Waals surface area contributed by atoms with Crippen LogP contribution in [0.15, 0.2) is 42.9 Å². The number of rotatable bonds is 5. The van der Waals surface area contributed by atoms with Crippen LogP contribution < -0.4 is 5.32 Å². The van der Waals surface area contributed by atoms with Crippen molar-refractivity contribution < 1.29 is 18.7 Å². The van der Waals surface area contributed by atoms with Gasteiger partial charge in [0.25, 0.3) is 5.91 Å². The molecular formula is C23H28ClFN4O3S. The summed E-state index contributed by atoms with van der Waals surface area (Å²) in [4.78, 5) is 24.5. The predicted octanol–water partition coefficient (Wildman–Crippen LogP) is 5.25. The largest absolute Gasteiger partial charge is 0.381 e. The molecule has 0 aliphatic carbocycles. The molecule has 1 N–H and O–H groups in total. The number of carbonyl (C=O) groups excluding carboxylic acids is 2. The standard InChI is InChI=1S/C15H19FN4O2S.C7H7Cl.CH2O/c1-10-7-18-20(9-10)12(6-11-2-4-22-5-3-11)14(21)19-15-17-8-13(16)23-15;1-6-2-4-7(8)5-3-6;1-2/h7-9,11-12H,2-6H2,1H3,(H,17,19,21);2-5H,1H3;1H2. The number of nitrogens with one attached hydrogen (secondary N) is 1. The Bertz CT molecular complexity index is 969. The first-order chi connectivity index (χ1) is 15.9. The first kappa shape index (κ1) is 26.6. The summed E-state index contributed by atoms with van der Waals surface area (Å²) in [6.45, 7) is 7.43. The van der Waals surface area contributed by atoms with Crippen LogP contribution in [0, 0.1) is 24.9 Å². The van der Waals surface area contributed by atoms with E-state index in [1.807, 2.05) is 51.1 Å². The van der Waals surface area contributed by atoms with Crippen molar-refractivity contribution in [3.8, 4) is 0 Å².